The average molecular weight is 211 g/mol. The third kappa shape index (κ3) is 2.53. The number of piperidine rings is 1. The van der Waals surface area contributed by atoms with E-state index >= 15 is 0 Å². The number of alkyl halides is 2. The Labute approximate surface area is 88.5 Å². The minimum absolute atomic E-state index is 0.118. The number of rotatable bonds is 2. The van der Waals surface area contributed by atoms with Gasteiger partial charge in [-0.3, -0.25) is 0 Å². The molecule has 82 valence electrons. The third-order valence-corrected chi connectivity index (χ3v) is 3.00. The van der Waals surface area contributed by atoms with E-state index in [0.29, 0.717) is 5.92 Å². The van der Waals surface area contributed by atoms with E-state index in [1.165, 1.54) is 5.56 Å². The summed E-state index contributed by atoms with van der Waals surface area (Å²) in [6, 6.07) is 6.78. The lowest BCUT2D eigenvalue weighted by atomic mass is 9.90. The lowest BCUT2D eigenvalue weighted by Gasteiger charge is -2.23. The Morgan fingerprint density at radius 2 is 1.67 bits per heavy atom. The molecular weight excluding hydrogens is 196 g/mol. The van der Waals surface area contributed by atoms with Gasteiger partial charge in [-0.25, -0.2) is 8.78 Å². The molecule has 0 spiro atoms. The summed E-state index contributed by atoms with van der Waals surface area (Å²) in [5, 5.41) is 3.29. The van der Waals surface area contributed by atoms with Crippen LogP contribution < -0.4 is 5.32 Å². The van der Waals surface area contributed by atoms with Crippen molar-refractivity contribution in [3.63, 3.8) is 0 Å². The molecule has 1 aliphatic rings. The minimum atomic E-state index is -2.35. The molecule has 15 heavy (non-hydrogen) atoms. The van der Waals surface area contributed by atoms with Gasteiger partial charge >= 0.3 is 0 Å². The maximum atomic E-state index is 12.3. The van der Waals surface area contributed by atoms with Crippen LogP contribution in [0.5, 0.6) is 0 Å². The molecule has 0 atom stereocenters. The quantitative estimate of drug-likeness (QED) is 0.792. The largest absolute Gasteiger partial charge is 0.317 e. The highest BCUT2D eigenvalue weighted by Gasteiger charge is 2.15. The number of halogens is 2. The van der Waals surface area contributed by atoms with Crippen molar-refractivity contribution in [2.45, 2.75) is 25.2 Å². The molecule has 1 fully saturated rings. The summed E-state index contributed by atoms with van der Waals surface area (Å²) in [7, 11) is 0. The normalized spacial score (nSPS) is 18.3. The molecule has 1 aromatic carbocycles. The molecule has 1 aromatic rings. The van der Waals surface area contributed by atoms with E-state index in [9.17, 15) is 8.78 Å². The van der Waals surface area contributed by atoms with E-state index in [1.54, 1.807) is 12.1 Å². The molecule has 1 N–H and O–H groups in total. The van der Waals surface area contributed by atoms with Crippen LogP contribution in [-0.4, -0.2) is 13.1 Å². The van der Waals surface area contributed by atoms with Gasteiger partial charge in [-0.15, -0.1) is 0 Å². The van der Waals surface area contributed by atoms with Gasteiger partial charge < -0.3 is 5.32 Å². The molecule has 1 aliphatic heterocycles. The molecule has 0 radical (unpaired) electrons. The van der Waals surface area contributed by atoms with Crippen molar-refractivity contribution in [2.24, 2.45) is 0 Å². The predicted octanol–water partition coefficient (Wildman–Crippen LogP) is 3.09. The minimum Gasteiger partial charge on any atom is -0.317 e. The van der Waals surface area contributed by atoms with Gasteiger partial charge in [-0.05, 0) is 37.4 Å². The van der Waals surface area contributed by atoms with Gasteiger partial charge in [0.25, 0.3) is 6.43 Å². The van der Waals surface area contributed by atoms with E-state index < -0.39 is 6.43 Å². The zero-order valence-corrected chi connectivity index (χ0v) is 8.55. The second-order valence-electron chi connectivity index (χ2n) is 3.99. The maximum absolute atomic E-state index is 12.3. The van der Waals surface area contributed by atoms with Gasteiger partial charge in [0.05, 0.1) is 0 Å². The Balaban J connectivity index is 2.08. The van der Waals surface area contributed by atoms with Gasteiger partial charge in [-0.2, -0.15) is 0 Å². The molecule has 0 aromatic heterocycles. The molecule has 0 aliphatic carbocycles. The van der Waals surface area contributed by atoms with Crippen molar-refractivity contribution in [1.82, 2.24) is 5.32 Å². The van der Waals surface area contributed by atoms with Gasteiger partial charge in [0.2, 0.25) is 0 Å². The SMILES string of the molecule is FC(F)c1ccc(C2CCNCC2)cc1. The number of hydrogen-bond donors (Lipinski definition) is 1. The molecule has 1 nitrogen and oxygen atoms in total. The van der Waals surface area contributed by atoms with Crippen molar-refractivity contribution in [3.8, 4) is 0 Å². The summed E-state index contributed by atoms with van der Waals surface area (Å²) in [5.74, 6) is 0.540. The maximum Gasteiger partial charge on any atom is 0.263 e. The van der Waals surface area contributed by atoms with Crippen molar-refractivity contribution < 1.29 is 8.78 Å². The fourth-order valence-corrected chi connectivity index (χ4v) is 2.07. The topological polar surface area (TPSA) is 12.0 Å². The highest BCUT2D eigenvalue weighted by molar-refractivity contribution is 5.26. The van der Waals surface area contributed by atoms with Crippen LogP contribution in [0.3, 0.4) is 0 Å². The summed E-state index contributed by atoms with van der Waals surface area (Å²) >= 11 is 0. The zero-order valence-electron chi connectivity index (χ0n) is 8.55. The van der Waals surface area contributed by atoms with Crippen LogP contribution >= 0.6 is 0 Å². The Morgan fingerprint density at radius 3 is 2.20 bits per heavy atom. The first-order valence-corrected chi connectivity index (χ1v) is 5.36. The average Bonchev–Trinajstić information content (AvgIpc) is 2.30. The Morgan fingerprint density at radius 1 is 1.07 bits per heavy atom. The molecule has 1 saturated heterocycles. The van der Waals surface area contributed by atoms with E-state index in [0.717, 1.165) is 25.9 Å². The summed E-state index contributed by atoms with van der Waals surface area (Å²) in [6.07, 6.45) is -0.144. The first kappa shape index (κ1) is 10.6. The van der Waals surface area contributed by atoms with Gasteiger partial charge in [-0.1, -0.05) is 24.3 Å². The highest BCUT2D eigenvalue weighted by Crippen LogP contribution is 2.27. The molecule has 1 heterocycles. The second-order valence-corrected chi connectivity index (χ2v) is 3.99. The number of benzene rings is 1. The van der Waals surface area contributed by atoms with Crippen molar-refractivity contribution in [1.29, 1.82) is 0 Å². The number of nitrogens with one attached hydrogen (secondary N) is 1. The molecular formula is C12H15F2N. The van der Waals surface area contributed by atoms with Crippen LogP contribution in [0.15, 0.2) is 24.3 Å². The van der Waals surface area contributed by atoms with Crippen molar-refractivity contribution in [3.05, 3.63) is 35.4 Å². The Hall–Kier alpha value is -0.960. The molecule has 0 amide bonds. The monoisotopic (exact) mass is 211 g/mol. The summed E-state index contributed by atoms with van der Waals surface area (Å²) in [4.78, 5) is 0. The standard InChI is InChI=1S/C12H15F2N/c13-12(14)11-3-1-9(2-4-11)10-5-7-15-8-6-10/h1-4,10,12,15H,5-8H2. The molecule has 0 bridgehead atoms. The van der Waals surface area contributed by atoms with Crippen molar-refractivity contribution in [2.75, 3.05) is 13.1 Å². The lowest BCUT2D eigenvalue weighted by molar-refractivity contribution is 0.151. The van der Waals surface area contributed by atoms with E-state index in [4.69, 9.17) is 0 Å². The summed E-state index contributed by atoms with van der Waals surface area (Å²) in [6.45, 7) is 2.06. The van der Waals surface area contributed by atoms with Crippen molar-refractivity contribution >= 4 is 0 Å². The van der Waals surface area contributed by atoms with Gasteiger partial charge in [0, 0.05) is 5.56 Å². The van der Waals surface area contributed by atoms with Crippen LogP contribution in [0, 0.1) is 0 Å². The van der Waals surface area contributed by atoms with Crippen LogP contribution in [-0.2, 0) is 0 Å². The summed E-state index contributed by atoms with van der Waals surface area (Å²) < 4.78 is 24.7. The molecule has 3 heteroatoms. The van der Waals surface area contributed by atoms with E-state index in [1.807, 2.05) is 12.1 Å². The van der Waals surface area contributed by atoms with Crippen LogP contribution in [0.4, 0.5) is 8.78 Å². The van der Waals surface area contributed by atoms with Gasteiger partial charge in [0.1, 0.15) is 0 Å². The second kappa shape index (κ2) is 4.71. The smallest absolute Gasteiger partial charge is 0.263 e. The predicted molar refractivity (Wildman–Crippen MR) is 56.2 cm³/mol. The fraction of sp³-hybridized carbons (Fsp3) is 0.500. The summed E-state index contributed by atoms with van der Waals surface area (Å²) in [5.41, 5.74) is 1.31. The molecule has 0 unspecified atom stereocenters. The number of hydrogen-bond acceptors (Lipinski definition) is 1. The first-order valence-electron chi connectivity index (χ1n) is 5.36. The molecule has 2 rings (SSSR count). The zero-order chi connectivity index (χ0) is 10.7. The fourth-order valence-electron chi connectivity index (χ4n) is 2.07. The third-order valence-electron chi connectivity index (χ3n) is 3.00. The van der Waals surface area contributed by atoms with E-state index in [2.05, 4.69) is 5.32 Å². The Kier molecular flexibility index (Phi) is 3.31. The lowest BCUT2D eigenvalue weighted by Crippen LogP contribution is -2.26. The molecule has 0 saturated carbocycles. The first-order chi connectivity index (χ1) is 7.27. The van der Waals surface area contributed by atoms with Gasteiger partial charge in [0.15, 0.2) is 0 Å². The van der Waals surface area contributed by atoms with E-state index in [-0.39, 0.29) is 5.56 Å². The Bertz CT molecular complexity index is 302. The highest BCUT2D eigenvalue weighted by atomic mass is 19.3. The van der Waals surface area contributed by atoms with Crippen LogP contribution in [0.2, 0.25) is 0 Å². The van der Waals surface area contributed by atoms with Crippen LogP contribution in [0.25, 0.3) is 0 Å². The van der Waals surface area contributed by atoms with Crippen LogP contribution in [0.1, 0.15) is 36.3 Å².